The van der Waals surface area contributed by atoms with Gasteiger partial charge in [-0.05, 0) is 25.2 Å². The highest BCUT2D eigenvalue weighted by atomic mass is 32.2. The Morgan fingerprint density at radius 2 is 2.17 bits per heavy atom. The van der Waals surface area contributed by atoms with Crippen molar-refractivity contribution in [2.24, 2.45) is 5.92 Å². The molecule has 0 amide bonds. The fourth-order valence-corrected chi connectivity index (χ4v) is 5.29. The summed E-state index contributed by atoms with van der Waals surface area (Å²) in [7, 11) is 1.64. The molecule has 1 spiro atoms. The van der Waals surface area contributed by atoms with Gasteiger partial charge in [0.05, 0.1) is 18.0 Å². The Balaban J connectivity index is 1.25. The number of nitrogens with zero attached hydrogens (tertiary/aromatic N) is 3. The predicted octanol–water partition coefficient (Wildman–Crippen LogP) is 1.99. The Hall–Kier alpha value is -1.05. The minimum absolute atomic E-state index is 0.346. The van der Waals surface area contributed by atoms with Crippen LogP contribution < -0.4 is 9.64 Å². The lowest BCUT2D eigenvalue weighted by Gasteiger charge is -2.48. The average molecular weight is 351 g/mol. The first-order valence-electron chi connectivity index (χ1n) is 8.71. The fraction of sp³-hybridized carbons (Fsp3) is 0.765. The molecule has 0 saturated carbocycles. The number of aromatic nitrogens is 2. The van der Waals surface area contributed by atoms with Gasteiger partial charge in [-0.2, -0.15) is 0 Å². The minimum atomic E-state index is 0.346. The van der Waals surface area contributed by atoms with Crippen molar-refractivity contribution in [1.82, 2.24) is 9.97 Å². The zero-order valence-electron chi connectivity index (χ0n) is 14.1. The van der Waals surface area contributed by atoms with E-state index in [1.165, 1.54) is 0 Å². The molecule has 3 fully saturated rings. The smallest absolute Gasteiger partial charge is 0.218 e. The van der Waals surface area contributed by atoms with Crippen molar-refractivity contribution in [2.45, 2.75) is 30.1 Å². The average Bonchev–Trinajstić information content (AvgIpc) is 3.04. The highest BCUT2D eigenvalue weighted by Gasteiger charge is 2.50. The van der Waals surface area contributed by atoms with Crippen LogP contribution in [0.15, 0.2) is 12.4 Å². The summed E-state index contributed by atoms with van der Waals surface area (Å²) in [5.41, 5.74) is 0. The maximum Gasteiger partial charge on any atom is 0.218 e. The van der Waals surface area contributed by atoms with E-state index in [1.54, 1.807) is 13.4 Å². The van der Waals surface area contributed by atoms with Crippen LogP contribution in [0.5, 0.6) is 5.88 Å². The maximum absolute atomic E-state index is 6.21. The van der Waals surface area contributed by atoms with Crippen molar-refractivity contribution >= 4 is 17.6 Å². The van der Waals surface area contributed by atoms with Crippen LogP contribution >= 0.6 is 11.8 Å². The molecule has 0 N–H and O–H groups in total. The van der Waals surface area contributed by atoms with E-state index < -0.39 is 0 Å². The monoisotopic (exact) mass is 351 g/mol. The summed E-state index contributed by atoms with van der Waals surface area (Å²) in [6.07, 6.45) is 5.42. The molecular formula is C17H25N3O3S. The van der Waals surface area contributed by atoms with Crippen LogP contribution in [-0.2, 0) is 9.47 Å². The third-order valence-electron chi connectivity index (χ3n) is 5.20. The number of ether oxygens (including phenoxy) is 3. The van der Waals surface area contributed by atoms with Gasteiger partial charge in [0, 0.05) is 44.7 Å². The Kier molecular flexibility index (Phi) is 4.83. The van der Waals surface area contributed by atoms with Gasteiger partial charge >= 0.3 is 0 Å². The third kappa shape index (κ3) is 3.48. The lowest BCUT2D eigenvalue weighted by Crippen LogP contribution is -2.59. The number of hydrogen-bond acceptors (Lipinski definition) is 7. The Labute approximate surface area is 147 Å². The van der Waals surface area contributed by atoms with Crippen LogP contribution in [0.25, 0.3) is 0 Å². The van der Waals surface area contributed by atoms with Gasteiger partial charge in [0.15, 0.2) is 0 Å². The maximum atomic E-state index is 6.21. The van der Waals surface area contributed by atoms with Crippen LogP contribution in [0.4, 0.5) is 5.82 Å². The number of rotatable bonds is 5. The Bertz CT molecular complexity index is 562. The van der Waals surface area contributed by atoms with E-state index in [4.69, 9.17) is 14.2 Å². The van der Waals surface area contributed by atoms with E-state index >= 15 is 0 Å². The first-order valence-corrected chi connectivity index (χ1v) is 9.69. The second-order valence-electron chi connectivity index (χ2n) is 6.98. The number of methoxy groups -OCH3 is 1. The molecule has 1 atom stereocenters. The molecule has 4 rings (SSSR count). The van der Waals surface area contributed by atoms with E-state index in [1.807, 2.05) is 6.07 Å². The van der Waals surface area contributed by atoms with Crippen molar-refractivity contribution in [1.29, 1.82) is 0 Å². The molecule has 132 valence electrons. The number of anilines is 1. The van der Waals surface area contributed by atoms with Crippen molar-refractivity contribution in [3.63, 3.8) is 0 Å². The first-order chi connectivity index (χ1) is 11.8. The molecule has 0 unspecified atom stereocenters. The van der Waals surface area contributed by atoms with E-state index in [0.29, 0.717) is 22.6 Å². The molecular weight excluding hydrogens is 326 g/mol. The highest BCUT2D eigenvalue weighted by Crippen LogP contribution is 2.47. The van der Waals surface area contributed by atoms with Crippen LogP contribution in [-0.4, -0.2) is 66.6 Å². The molecule has 7 heteroatoms. The summed E-state index contributed by atoms with van der Waals surface area (Å²) in [5, 5.41) is 0. The standard InChI is InChI=1S/C17H25N3O3S/c1-21-16-6-15(18-12-19-16)20-10-17(11-20)7-14(9-24-17)23-8-13-2-4-22-5-3-13/h6,12-14H,2-5,7-11H2,1H3/t14-/m0/s1. The second kappa shape index (κ2) is 7.06. The molecule has 3 saturated heterocycles. The summed E-state index contributed by atoms with van der Waals surface area (Å²) in [4.78, 5) is 10.7. The lowest BCUT2D eigenvalue weighted by molar-refractivity contribution is -0.00651. The topological polar surface area (TPSA) is 56.7 Å². The van der Waals surface area contributed by atoms with Crippen molar-refractivity contribution < 1.29 is 14.2 Å². The van der Waals surface area contributed by atoms with E-state index in [-0.39, 0.29) is 0 Å². The van der Waals surface area contributed by atoms with Crippen LogP contribution in [0, 0.1) is 5.92 Å². The Morgan fingerprint density at radius 3 is 2.96 bits per heavy atom. The zero-order chi connectivity index (χ0) is 16.4. The summed E-state index contributed by atoms with van der Waals surface area (Å²) < 4.78 is 17.2. The SMILES string of the molecule is COc1cc(N2CC3(C[C@H](OCC4CCOCC4)CS3)C2)ncn1. The van der Waals surface area contributed by atoms with Gasteiger partial charge in [-0.3, -0.25) is 0 Å². The van der Waals surface area contributed by atoms with Gasteiger partial charge in [0.1, 0.15) is 12.1 Å². The molecule has 0 bridgehead atoms. The zero-order valence-corrected chi connectivity index (χ0v) is 15.0. The molecule has 0 aromatic carbocycles. The van der Waals surface area contributed by atoms with E-state index in [2.05, 4.69) is 26.6 Å². The molecule has 3 aliphatic heterocycles. The molecule has 1 aromatic heterocycles. The number of hydrogen-bond donors (Lipinski definition) is 0. The number of thioether (sulfide) groups is 1. The summed E-state index contributed by atoms with van der Waals surface area (Å²) in [5.74, 6) is 3.38. The van der Waals surface area contributed by atoms with Crippen LogP contribution in [0.1, 0.15) is 19.3 Å². The molecule has 4 heterocycles. The molecule has 0 aliphatic carbocycles. The van der Waals surface area contributed by atoms with Gasteiger partial charge in [-0.15, -0.1) is 11.8 Å². The fourth-order valence-electron chi connectivity index (χ4n) is 3.74. The van der Waals surface area contributed by atoms with Gasteiger partial charge in [-0.25, -0.2) is 9.97 Å². The summed E-state index contributed by atoms with van der Waals surface area (Å²) >= 11 is 2.07. The Morgan fingerprint density at radius 1 is 1.33 bits per heavy atom. The molecule has 1 aromatic rings. The lowest BCUT2D eigenvalue weighted by atomic mass is 9.93. The third-order valence-corrected chi connectivity index (χ3v) is 6.78. The van der Waals surface area contributed by atoms with Gasteiger partial charge in [0.2, 0.25) is 5.88 Å². The van der Waals surface area contributed by atoms with E-state index in [0.717, 1.165) is 63.7 Å². The van der Waals surface area contributed by atoms with Gasteiger partial charge in [-0.1, -0.05) is 0 Å². The van der Waals surface area contributed by atoms with E-state index in [9.17, 15) is 0 Å². The van der Waals surface area contributed by atoms with Crippen molar-refractivity contribution in [3.05, 3.63) is 12.4 Å². The van der Waals surface area contributed by atoms with Gasteiger partial charge in [0.25, 0.3) is 0 Å². The highest BCUT2D eigenvalue weighted by molar-refractivity contribution is 8.01. The first kappa shape index (κ1) is 16.4. The second-order valence-corrected chi connectivity index (χ2v) is 8.47. The van der Waals surface area contributed by atoms with Crippen LogP contribution in [0.2, 0.25) is 0 Å². The van der Waals surface area contributed by atoms with Gasteiger partial charge < -0.3 is 19.1 Å². The van der Waals surface area contributed by atoms with Crippen molar-refractivity contribution in [3.8, 4) is 5.88 Å². The molecule has 6 nitrogen and oxygen atoms in total. The molecule has 3 aliphatic rings. The predicted molar refractivity (Wildman–Crippen MR) is 93.9 cm³/mol. The normalized spacial score (nSPS) is 26.5. The van der Waals surface area contributed by atoms with Crippen LogP contribution in [0.3, 0.4) is 0 Å². The summed E-state index contributed by atoms with van der Waals surface area (Å²) in [6, 6.07) is 1.91. The summed E-state index contributed by atoms with van der Waals surface area (Å²) in [6.45, 7) is 4.77. The van der Waals surface area contributed by atoms with Crippen molar-refractivity contribution in [2.75, 3.05) is 50.7 Å². The quantitative estimate of drug-likeness (QED) is 0.804. The molecule has 24 heavy (non-hydrogen) atoms. The largest absolute Gasteiger partial charge is 0.481 e. The molecule has 0 radical (unpaired) electrons. The minimum Gasteiger partial charge on any atom is -0.481 e.